The Balaban J connectivity index is 3.10. The van der Waals surface area contributed by atoms with Crippen LogP contribution in [0.25, 0.3) is 0 Å². The molecule has 0 aliphatic carbocycles. The first kappa shape index (κ1) is 20.0. The molecule has 0 aliphatic rings. The largest absolute Gasteiger partial charge is 0.462 e. The van der Waals surface area contributed by atoms with Gasteiger partial charge in [-0.15, -0.1) is 0 Å². The highest BCUT2D eigenvalue weighted by atomic mass is 79.9. The van der Waals surface area contributed by atoms with Gasteiger partial charge in [-0.1, -0.05) is 15.9 Å². The summed E-state index contributed by atoms with van der Waals surface area (Å²) in [6.45, 7) is 13.6. The van der Waals surface area contributed by atoms with Crippen LogP contribution in [0.15, 0.2) is 16.6 Å². The minimum Gasteiger partial charge on any atom is -0.462 e. The predicted molar refractivity (Wildman–Crippen MR) is 97.3 cm³/mol. The summed E-state index contributed by atoms with van der Waals surface area (Å²) < 4.78 is 12.5. The van der Waals surface area contributed by atoms with Crippen LogP contribution in [0.2, 0.25) is 0 Å². The lowest BCUT2D eigenvalue weighted by Gasteiger charge is -2.30. The lowest BCUT2D eigenvalue weighted by molar-refractivity contribution is -0.162. The van der Waals surface area contributed by atoms with Crippen LogP contribution in [0.3, 0.4) is 0 Å². The molecule has 1 atom stereocenters. The number of nitrogen functional groups attached to an aromatic ring is 1. The number of halogens is 1. The van der Waals surface area contributed by atoms with Gasteiger partial charge in [0.05, 0.1) is 11.0 Å². The first-order valence-corrected chi connectivity index (χ1v) is 8.51. The summed E-state index contributed by atoms with van der Waals surface area (Å²) >= 11 is 3.55. The summed E-state index contributed by atoms with van der Waals surface area (Å²) in [6, 6.07) is 3.73. The average Bonchev–Trinajstić information content (AvgIpc) is 2.30. The van der Waals surface area contributed by atoms with E-state index in [4.69, 9.17) is 15.2 Å². The van der Waals surface area contributed by atoms with Crippen LogP contribution in [-0.2, 0) is 14.3 Å². The standard InChI is InChI=1S/C18H28BrNO3/c1-11-8-12(20)9-13(19)15(11)14(23-18(5,6)7)10-22-16(21)17(2,3)4/h8-9,14H,10,20H2,1-7H3/t14-/m0/s1. The fourth-order valence-electron chi connectivity index (χ4n) is 2.16. The molecule has 0 amide bonds. The van der Waals surface area contributed by atoms with Crippen molar-refractivity contribution < 1.29 is 14.3 Å². The number of benzene rings is 1. The summed E-state index contributed by atoms with van der Waals surface area (Å²) in [6.07, 6.45) is -0.365. The van der Waals surface area contributed by atoms with Gasteiger partial charge in [0, 0.05) is 15.7 Å². The van der Waals surface area contributed by atoms with Crippen LogP contribution in [0.5, 0.6) is 0 Å². The number of hydrogen-bond acceptors (Lipinski definition) is 4. The zero-order chi connectivity index (χ0) is 18.0. The summed E-state index contributed by atoms with van der Waals surface area (Å²) in [4.78, 5) is 12.1. The van der Waals surface area contributed by atoms with Crippen LogP contribution < -0.4 is 5.73 Å². The van der Waals surface area contributed by atoms with E-state index in [1.165, 1.54) is 0 Å². The molecule has 1 aromatic carbocycles. The van der Waals surface area contributed by atoms with E-state index in [-0.39, 0.29) is 24.3 Å². The smallest absolute Gasteiger partial charge is 0.311 e. The minimum atomic E-state index is -0.542. The van der Waals surface area contributed by atoms with E-state index in [0.29, 0.717) is 5.69 Å². The Labute approximate surface area is 147 Å². The van der Waals surface area contributed by atoms with Gasteiger partial charge in [-0.25, -0.2) is 0 Å². The molecule has 0 aromatic heterocycles. The van der Waals surface area contributed by atoms with Crippen molar-refractivity contribution in [2.24, 2.45) is 5.41 Å². The first-order chi connectivity index (χ1) is 10.3. The normalized spacial score (nSPS) is 13.7. The quantitative estimate of drug-likeness (QED) is 0.597. The van der Waals surface area contributed by atoms with Gasteiger partial charge in [-0.3, -0.25) is 4.79 Å². The molecule has 130 valence electrons. The molecular formula is C18H28BrNO3. The van der Waals surface area contributed by atoms with E-state index in [9.17, 15) is 4.79 Å². The molecule has 0 bridgehead atoms. The second-order valence-corrected chi connectivity index (χ2v) is 8.65. The van der Waals surface area contributed by atoms with E-state index in [0.717, 1.165) is 15.6 Å². The van der Waals surface area contributed by atoms with Crippen molar-refractivity contribution in [1.82, 2.24) is 0 Å². The number of ether oxygens (including phenoxy) is 2. The van der Waals surface area contributed by atoms with Gasteiger partial charge in [0.15, 0.2) is 0 Å². The van der Waals surface area contributed by atoms with Crippen molar-refractivity contribution in [1.29, 1.82) is 0 Å². The highest BCUT2D eigenvalue weighted by molar-refractivity contribution is 9.10. The Hall–Kier alpha value is -1.07. The number of aryl methyl sites for hydroxylation is 1. The van der Waals surface area contributed by atoms with Gasteiger partial charge in [0.2, 0.25) is 0 Å². The third-order valence-corrected chi connectivity index (χ3v) is 3.81. The predicted octanol–water partition coefficient (Wildman–Crippen LogP) is 4.79. The van der Waals surface area contributed by atoms with Crippen molar-refractivity contribution >= 4 is 27.6 Å². The molecule has 1 rings (SSSR count). The molecule has 0 saturated heterocycles. The maximum atomic E-state index is 12.1. The van der Waals surface area contributed by atoms with E-state index in [1.807, 2.05) is 60.6 Å². The van der Waals surface area contributed by atoms with Crippen LogP contribution in [0.4, 0.5) is 5.69 Å². The molecule has 5 heteroatoms. The molecule has 0 radical (unpaired) electrons. The van der Waals surface area contributed by atoms with Crippen molar-refractivity contribution in [3.8, 4) is 0 Å². The number of esters is 1. The lowest BCUT2D eigenvalue weighted by Crippen LogP contribution is -2.30. The highest BCUT2D eigenvalue weighted by Gasteiger charge is 2.28. The van der Waals surface area contributed by atoms with Crippen molar-refractivity contribution in [2.75, 3.05) is 12.3 Å². The van der Waals surface area contributed by atoms with Crippen LogP contribution in [0, 0.1) is 12.3 Å². The molecule has 1 aromatic rings. The third kappa shape index (κ3) is 6.15. The van der Waals surface area contributed by atoms with E-state index in [2.05, 4.69) is 15.9 Å². The topological polar surface area (TPSA) is 61.5 Å². The molecule has 4 nitrogen and oxygen atoms in total. The molecule has 0 aliphatic heterocycles. The number of carbonyl (C=O) groups is 1. The zero-order valence-corrected chi connectivity index (χ0v) is 16.7. The number of rotatable bonds is 4. The van der Waals surface area contributed by atoms with E-state index < -0.39 is 5.41 Å². The van der Waals surface area contributed by atoms with Gasteiger partial charge < -0.3 is 15.2 Å². The summed E-state index contributed by atoms with van der Waals surface area (Å²) in [5.74, 6) is -0.246. The Bertz CT molecular complexity index is 548. The molecule has 0 fully saturated rings. The SMILES string of the molecule is Cc1cc(N)cc(Br)c1[C@H](COC(=O)C(C)(C)C)OC(C)(C)C. The Morgan fingerprint density at radius 2 is 1.78 bits per heavy atom. The fourth-order valence-corrected chi connectivity index (χ4v) is 2.99. The second kappa shape index (κ2) is 7.22. The van der Waals surface area contributed by atoms with E-state index >= 15 is 0 Å². The molecule has 0 unspecified atom stereocenters. The molecule has 2 N–H and O–H groups in total. The molecule has 0 spiro atoms. The zero-order valence-electron chi connectivity index (χ0n) is 15.1. The fraction of sp³-hybridized carbons (Fsp3) is 0.611. The highest BCUT2D eigenvalue weighted by Crippen LogP contribution is 2.34. The van der Waals surface area contributed by atoms with Gasteiger partial charge in [0.1, 0.15) is 12.7 Å². The monoisotopic (exact) mass is 385 g/mol. The number of anilines is 1. The molecule has 23 heavy (non-hydrogen) atoms. The van der Waals surface area contributed by atoms with Crippen molar-refractivity contribution in [3.05, 3.63) is 27.7 Å². The van der Waals surface area contributed by atoms with Crippen LogP contribution in [-0.4, -0.2) is 18.2 Å². The average molecular weight is 386 g/mol. The van der Waals surface area contributed by atoms with Gasteiger partial charge >= 0.3 is 5.97 Å². The molecule has 0 saturated carbocycles. The van der Waals surface area contributed by atoms with Crippen molar-refractivity contribution in [3.63, 3.8) is 0 Å². The van der Waals surface area contributed by atoms with Crippen LogP contribution >= 0.6 is 15.9 Å². The maximum absolute atomic E-state index is 12.1. The maximum Gasteiger partial charge on any atom is 0.311 e. The van der Waals surface area contributed by atoms with Gasteiger partial charge in [-0.05, 0) is 66.2 Å². The van der Waals surface area contributed by atoms with Gasteiger partial charge in [-0.2, -0.15) is 0 Å². The minimum absolute atomic E-state index is 0.163. The second-order valence-electron chi connectivity index (χ2n) is 7.80. The van der Waals surface area contributed by atoms with Crippen LogP contribution in [0.1, 0.15) is 58.8 Å². The van der Waals surface area contributed by atoms with Gasteiger partial charge in [0.25, 0.3) is 0 Å². The number of carbonyl (C=O) groups excluding carboxylic acids is 1. The molecular weight excluding hydrogens is 358 g/mol. The Morgan fingerprint density at radius 1 is 1.22 bits per heavy atom. The lowest BCUT2D eigenvalue weighted by atomic mass is 9.97. The summed E-state index contributed by atoms with van der Waals surface area (Å²) in [5.41, 5.74) is 7.60. The summed E-state index contributed by atoms with van der Waals surface area (Å²) in [5, 5.41) is 0. The Kier molecular flexibility index (Phi) is 6.27. The van der Waals surface area contributed by atoms with Crippen molar-refractivity contribution in [2.45, 2.75) is 60.2 Å². The third-order valence-electron chi connectivity index (χ3n) is 3.15. The summed E-state index contributed by atoms with van der Waals surface area (Å²) in [7, 11) is 0. The molecule has 0 heterocycles. The van der Waals surface area contributed by atoms with E-state index in [1.54, 1.807) is 0 Å². The number of nitrogens with two attached hydrogens (primary N) is 1. The Morgan fingerprint density at radius 3 is 2.22 bits per heavy atom. The number of hydrogen-bond donors (Lipinski definition) is 1. The first-order valence-electron chi connectivity index (χ1n) is 7.72.